The first kappa shape index (κ1) is 28.1. The fourth-order valence-electron chi connectivity index (χ4n) is 3.58. The molecule has 2 amide bonds. The normalized spacial score (nSPS) is 11.8. The van der Waals surface area contributed by atoms with Gasteiger partial charge in [0.1, 0.15) is 11.8 Å². The number of rotatable bonds is 10. The van der Waals surface area contributed by atoms with Crippen LogP contribution in [0.1, 0.15) is 25.0 Å². The lowest BCUT2D eigenvalue weighted by atomic mass is 10.0. The number of carbonyl (C=O) groups excluding carboxylic acids is 2. The van der Waals surface area contributed by atoms with Crippen molar-refractivity contribution in [2.24, 2.45) is 0 Å². The van der Waals surface area contributed by atoms with E-state index in [1.807, 2.05) is 44.2 Å². The Hall–Kier alpha value is -2.44. The predicted molar refractivity (Wildman–Crippen MR) is 146 cm³/mol. The van der Waals surface area contributed by atoms with Crippen molar-refractivity contribution < 1.29 is 14.3 Å². The smallest absolute Gasteiger partial charge is 0.261 e. The third-order valence-electron chi connectivity index (χ3n) is 5.30. The molecule has 0 saturated carbocycles. The van der Waals surface area contributed by atoms with Crippen molar-refractivity contribution in [2.45, 2.75) is 38.9 Å². The molecule has 5 nitrogen and oxygen atoms in total. The van der Waals surface area contributed by atoms with Crippen molar-refractivity contribution in [3.05, 3.63) is 97.9 Å². The molecule has 9 heteroatoms. The van der Waals surface area contributed by atoms with E-state index in [1.54, 1.807) is 30.3 Å². The molecule has 1 N–H and O–H groups in total. The Morgan fingerprint density at radius 2 is 1.53 bits per heavy atom. The molecule has 0 aromatic heterocycles. The lowest BCUT2D eigenvalue weighted by molar-refractivity contribution is -0.143. The summed E-state index contributed by atoms with van der Waals surface area (Å²) in [6.45, 7) is 3.47. The maximum absolute atomic E-state index is 13.6. The molecule has 190 valence electrons. The molecule has 0 spiro atoms. The highest BCUT2D eigenvalue weighted by molar-refractivity contribution is 6.35. The van der Waals surface area contributed by atoms with Gasteiger partial charge in [-0.2, -0.15) is 0 Å². The molecule has 0 aliphatic carbocycles. The molecule has 0 aliphatic heterocycles. The number of carbonyl (C=O) groups is 2. The van der Waals surface area contributed by atoms with E-state index in [1.165, 1.54) is 11.0 Å². The number of benzene rings is 3. The molecule has 0 saturated heterocycles. The van der Waals surface area contributed by atoms with Gasteiger partial charge in [-0.3, -0.25) is 9.59 Å². The molecule has 0 heterocycles. The highest BCUT2D eigenvalue weighted by Crippen LogP contribution is 2.28. The first-order valence-corrected chi connectivity index (χ1v) is 12.8. The van der Waals surface area contributed by atoms with Crippen molar-refractivity contribution in [3.63, 3.8) is 0 Å². The second-order valence-corrected chi connectivity index (χ2v) is 10.2. The molecule has 0 radical (unpaired) electrons. The summed E-state index contributed by atoms with van der Waals surface area (Å²) >= 11 is 24.7. The van der Waals surface area contributed by atoms with E-state index in [4.69, 9.17) is 51.1 Å². The summed E-state index contributed by atoms with van der Waals surface area (Å²) in [6.07, 6.45) is 0.304. The minimum Gasteiger partial charge on any atom is -0.482 e. The van der Waals surface area contributed by atoms with Crippen LogP contribution in [0.5, 0.6) is 5.75 Å². The van der Waals surface area contributed by atoms with Gasteiger partial charge in [-0.25, -0.2) is 0 Å². The van der Waals surface area contributed by atoms with Crippen LogP contribution in [-0.4, -0.2) is 35.4 Å². The van der Waals surface area contributed by atoms with Crippen molar-refractivity contribution in [1.82, 2.24) is 10.2 Å². The Bertz CT molecular complexity index is 1200. The van der Waals surface area contributed by atoms with Gasteiger partial charge in [-0.1, -0.05) is 82.8 Å². The maximum Gasteiger partial charge on any atom is 0.261 e. The van der Waals surface area contributed by atoms with Crippen molar-refractivity contribution in [3.8, 4) is 5.75 Å². The molecule has 3 rings (SSSR count). The van der Waals surface area contributed by atoms with Crippen molar-refractivity contribution in [2.75, 3.05) is 6.61 Å². The zero-order valence-electron chi connectivity index (χ0n) is 19.8. The van der Waals surface area contributed by atoms with Crippen LogP contribution < -0.4 is 10.1 Å². The van der Waals surface area contributed by atoms with Gasteiger partial charge in [-0.15, -0.1) is 0 Å². The van der Waals surface area contributed by atoms with E-state index in [2.05, 4.69) is 5.32 Å². The van der Waals surface area contributed by atoms with Gasteiger partial charge in [0.2, 0.25) is 5.91 Å². The molecule has 0 bridgehead atoms. The summed E-state index contributed by atoms with van der Waals surface area (Å²) in [5.41, 5.74) is 1.55. The van der Waals surface area contributed by atoms with Crippen LogP contribution in [0.15, 0.2) is 66.7 Å². The zero-order valence-corrected chi connectivity index (χ0v) is 22.8. The monoisotopic (exact) mass is 566 g/mol. The number of nitrogens with one attached hydrogen (secondary N) is 1. The van der Waals surface area contributed by atoms with Gasteiger partial charge < -0.3 is 15.0 Å². The van der Waals surface area contributed by atoms with E-state index in [9.17, 15) is 9.59 Å². The first-order valence-electron chi connectivity index (χ1n) is 11.3. The van der Waals surface area contributed by atoms with Crippen molar-refractivity contribution >= 4 is 58.2 Å². The molecule has 1 unspecified atom stereocenters. The predicted octanol–water partition coefficient (Wildman–Crippen LogP) is 6.84. The standard InChI is InChI=1S/C27H26Cl4N2O3/c1-17(2)32-27(35)24(12-18-6-4-3-5-7-18)33(15-19-8-9-20(28)13-22(19)30)26(34)16-36-25-11-10-21(29)14-23(25)31/h3-11,13-14,17,24H,12,15-16H2,1-2H3,(H,32,35). The number of nitrogens with zero attached hydrogens (tertiary/aromatic N) is 1. The quantitative estimate of drug-likeness (QED) is 0.291. The number of hydrogen-bond donors (Lipinski definition) is 1. The number of amides is 2. The van der Waals surface area contributed by atoms with E-state index in [0.717, 1.165) is 5.56 Å². The highest BCUT2D eigenvalue weighted by atomic mass is 35.5. The largest absolute Gasteiger partial charge is 0.482 e. The minimum absolute atomic E-state index is 0.0789. The molecule has 3 aromatic carbocycles. The highest BCUT2D eigenvalue weighted by Gasteiger charge is 2.31. The van der Waals surface area contributed by atoms with E-state index in [-0.39, 0.29) is 30.1 Å². The van der Waals surface area contributed by atoms with E-state index < -0.39 is 11.9 Å². The Labute approximate surface area is 231 Å². The fraction of sp³-hybridized carbons (Fsp3) is 0.259. The Morgan fingerprint density at radius 1 is 0.889 bits per heavy atom. The first-order chi connectivity index (χ1) is 17.1. The number of ether oxygens (including phenoxy) is 1. The van der Waals surface area contributed by atoms with Gasteiger partial charge in [0.05, 0.1) is 5.02 Å². The van der Waals surface area contributed by atoms with E-state index in [0.29, 0.717) is 32.8 Å². The average molecular weight is 568 g/mol. The summed E-state index contributed by atoms with van der Waals surface area (Å²) in [5, 5.41) is 4.53. The molecular weight excluding hydrogens is 542 g/mol. The molecular formula is C27H26Cl4N2O3. The van der Waals surface area contributed by atoms with Crippen molar-refractivity contribution in [1.29, 1.82) is 0 Å². The topological polar surface area (TPSA) is 58.6 Å². The fourth-order valence-corrected chi connectivity index (χ4v) is 4.51. The number of hydrogen-bond acceptors (Lipinski definition) is 3. The second kappa shape index (κ2) is 13.2. The second-order valence-electron chi connectivity index (χ2n) is 8.49. The molecule has 3 aromatic rings. The van der Waals surface area contributed by atoms with Crippen LogP contribution in [0, 0.1) is 0 Å². The van der Waals surface area contributed by atoms with Crippen LogP contribution in [0.2, 0.25) is 20.1 Å². The Kier molecular flexibility index (Phi) is 10.3. The molecule has 0 aliphatic rings. The Balaban J connectivity index is 1.95. The third kappa shape index (κ3) is 8.04. The van der Waals surface area contributed by atoms with Gasteiger partial charge in [0, 0.05) is 34.1 Å². The summed E-state index contributed by atoms with van der Waals surface area (Å²) in [6, 6.07) is 18.3. The lowest BCUT2D eigenvalue weighted by Crippen LogP contribution is -2.52. The zero-order chi connectivity index (χ0) is 26.2. The van der Waals surface area contributed by atoms with E-state index >= 15 is 0 Å². The lowest BCUT2D eigenvalue weighted by Gasteiger charge is -2.32. The third-order valence-corrected chi connectivity index (χ3v) is 6.42. The van der Waals surface area contributed by atoms with Crippen LogP contribution in [0.4, 0.5) is 0 Å². The minimum atomic E-state index is -0.821. The summed E-state index contributed by atoms with van der Waals surface area (Å²) in [5.74, 6) is -0.381. The van der Waals surface area contributed by atoms with Crippen LogP contribution in [0.25, 0.3) is 0 Å². The maximum atomic E-state index is 13.6. The van der Waals surface area contributed by atoms with Gasteiger partial charge in [-0.05, 0) is 55.3 Å². The SMILES string of the molecule is CC(C)NC(=O)C(Cc1ccccc1)N(Cc1ccc(Cl)cc1Cl)C(=O)COc1ccc(Cl)cc1Cl. The molecule has 36 heavy (non-hydrogen) atoms. The van der Waals surface area contributed by atoms with Gasteiger partial charge in [0.15, 0.2) is 6.61 Å². The Morgan fingerprint density at radius 3 is 2.14 bits per heavy atom. The summed E-state index contributed by atoms with van der Waals surface area (Å²) in [7, 11) is 0. The summed E-state index contributed by atoms with van der Waals surface area (Å²) in [4.78, 5) is 28.4. The van der Waals surface area contributed by atoms with Crippen LogP contribution >= 0.6 is 46.4 Å². The number of halogens is 4. The average Bonchev–Trinajstić information content (AvgIpc) is 2.82. The van der Waals surface area contributed by atoms with Crippen LogP contribution in [-0.2, 0) is 22.6 Å². The summed E-state index contributed by atoms with van der Waals surface area (Å²) < 4.78 is 5.72. The molecule has 1 atom stereocenters. The van der Waals surface area contributed by atoms with Gasteiger partial charge >= 0.3 is 0 Å². The van der Waals surface area contributed by atoms with Gasteiger partial charge in [0.25, 0.3) is 5.91 Å². The van der Waals surface area contributed by atoms with Crippen LogP contribution in [0.3, 0.4) is 0 Å². The molecule has 0 fully saturated rings.